The number of ether oxygens (including phenoxy) is 11. The summed E-state index contributed by atoms with van der Waals surface area (Å²) in [6.07, 6.45) is -9.93. The second-order valence-corrected chi connectivity index (χ2v) is 20.6. The zero-order valence-electron chi connectivity index (χ0n) is 43.0. The Balaban J connectivity index is 1.59. The van der Waals surface area contributed by atoms with E-state index in [1.807, 2.05) is 62.3 Å². The molecule has 0 spiro atoms. The molecule has 0 aliphatic carbocycles. The van der Waals surface area contributed by atoms with Crippen molar-refractivity contribution in [2.24, 2.45) is 34.7 Å². The summed E-state index contributed by atoms with van der Waals surface area (Å²) in [7, 11) is 6.47. The molecule has 2 N–H and O–H groups in total. The molecule has 19 heteroatoms. The number of oxime groups is 1. The summed E-state index contributed by atoms with van der Waals surface area (Å²) in [5.74, 6) is -3.55. The van der Waals surface area contributed by atoms with Crippen LogP contribution in [0.4, 0.5) is 4.79 Å². The first-order valence-corrected chi connectivity index (χ1v) is 24.5. The molecule has 0 saturated carbocycles. The van der Waals surface area contributed by atoms with E-state index in [0.717, 1.165) is 0 Å². The topological polar surface area (TPSA) is 204 Å². The van der Waals surface area contributed by atoms with E-state index < -0.39 is 115 Å². The van der Waals surface area contributed by atoms with Gasteiger partial charge >= 0.3 is 12.1 Å². The molecule has 0 bridgehead atoms. The van der Waals surface area contributed by atoms with Crippen LogP contribution in [0.3, 0.4) is 0 Å². The third-order valence-electron chi connectivity index (χ3n) is 14.8. The Labute approximate surface area is 399 Å². The quantitative estimate of drug-likeness (QED) is 0.206. The highest BCUT2D eigenvalue weighted by Gasteiger charge is 2.52. The number of nitrogens with zero attached hydrogens (tertiary/aromatic N) is 3. The number of rotatable bonds is 12. The molecule has 5 rings (SSSR count). The van der Waals surface area contributed by atoms with Gasteiger partial charge in [0.1, 0.15) is 43.2 Å². The van der Waals surface area contributed by atoms with Gasteiger partial charge in [-0.05, 0) is 74.8 Å². The summed E-state index contributed by atoms with van der Waals surface area (Å²) >= 11 is 0. The minimum Gasteiger partial charge on any atom is -0.461 e. The number of carbonyl (C=O) groups excluding carboxylic acids is 2. The fourth-order valence-electron chi connectivity index (χ4n) is 10.8. The Morgan fingerprint density at radius 1 is 0.821 bits per heavy atom. The van der Waals surface area contributed by atoms with Crippen molar-refractivity contribution >= 4 is 17.8 Å². The molecule has 388 valence electrons. The number of aliphatic hydroxyl groups excluding tert-OH is 2. The summed E-state index contributed by atoms with van der Waals surface area (Å²) in [5.41, 5.74) is -0.921. The molecule has 1 unspecified atom stereocenters. The lowest BCUT2D eigenvalue weighted by atomic mass is 9.74. The number of methoxy groups -OCH3 is 2. The molecule has 5 saturated heterocycles. The smallest absolute Gasteiger partial charge is 0.410 e. The van der Waals surface area contributed by atoms with Crippen LogP contribution >= 0.6 is 0 Å². The molecular formula is C48H85N3O16. The van der Waals surface area contributed by atoms with Crippen LogP contribution in [-0.4, -0.2) is 196 Å². The van der Waals surface area contributed by atoms with Crippen LogP contribution in [0, 0.1) is 29.6 Å². The maximum Gasteiger partial charge on any atom is 0.410 e. The van der Waals surface area contributed by atoms with Gasteiger partial charge in [-0.2, -0.15) is 0 Å². The molecule has 67 heavy (non-hydrogen) atoms. The van der Waals surface area contributed by atoms with E-state index in [1.165, 1.54) is 21.3 Å². The van der Waals surface area contributed by atoms with Crippen LogP contribution in [-0.2, 0) is 61.7 Å². The number of likely N-dealkylation sites (N-methyl/N-ethyl adjacent to an activating group) is 1. The van der Waals surface area contributed by atoms with Crippen LogP contribution in [0.15, 0.2) is 5.16 Å². The monoisotopic (exact) mass is 960 g/mol. The van der Waals surface area contributed by atoms with Crippen molar-refractivity contribution in [3.8, 4) is 0 Å². The van der Waals surface area contributed by atoms with Crippen LogP contribution in [0.5, 0.6) is 0 Å². The van der Waals surface area contributed by atoms with Gasteiger partial charge in [0.25, 0.3) is 0 Å². The van der Waals surface area contributed by atoms with Gasteiger partial charge in [0.15, 0.2) is 18.9 Å². The number of carbonyl (C=O) groups is 2. The van der Waals surface area contributed by atoms with E-state index >= 15 is 4.79 Å². The number of morpholine rings is 1. The molecule has 1 amide bonds. The van der Waals surface area contributed by atoms with E-state index in [9.17, 15) is 15.0 Å². The Bertz CT molecular complexity index is 1600. The predicted molar refractivity (Wildman–Crippen MR) is 245 cm³/mol. The largest absolute Gasteiger partial charge is 0.461 e. The number of aliphatic hydroxyl groups is 2. The van der Waals surface area contributed by atoms with Crippen LogP contribution < -0.4 is 0 Å². The first-order valence-electron chi connectivity index (χ1n) is 24.5. The number of amides is 1. The zero-order chi connectivity index (χ0) is 49.7. The highest BCUT2D eigenvalue weighted by atomic mass is 16.7. The van der Waals surface area contributed by atoms with E-state index in [2.05, 4.69) is 24.0 Å². The van der Waals surface area contributed by atoms with Crippen molar-refractivity contribution in [2.75, 3.05) is 54.6 Å². The lowest BCUT2D eigenvalue weighted by Crippen LogP contribution is -2.59. The number of hydrogen-bond donors (Lipinski definition) is 2. The average molecular weight is 960 g/mol. The fraction of sp³-hybridized carbons (Fsp3) is 0.938. The number of esters is 1. The number of hydrogen-bond acceptors (Lipinski definition) is 18. The van der Waals surface area contributed by atoms with Crippen molar-refractivity contribution in [3.63, 3.8) is 0 Å². The maximum atomic E-state index is 15.0. The normalized spacial score (nSPS) is 45.4. The Morgan fingerprint density at radius 3 is 2.09 bits per heavy atom. The van der Waals surface area contributed by atoms with E-state index in [4.69, 9.17) is 56.9 Å². The minimum absolute atomic E-state index is 0.0280. The number of cyclic esters (lactones) is 1. The second kappa shape index (κ2) is 24.2. The Morgan fingerprint density at radius 2 is 1.46 bits per heavy atom. The highest BCUT2D eigenvalue weighted by Crippen LogP contribution is 2.43. The first kappa shape index (κ1) is 55.7. The molecule has 0 radical (unpaired) electrons. The van der Waals surface area contributed by atoms with Crippen molar-refractivity contribution in [1.29, 1.82) is 0 Å². The molecule has 22 atom stereocenters. The molecule has 19 nitrogen and oxygen atoms in total. The third-order valence-corrected chi connectivity index (χ3v) is 14.8. The molecule has 5 aliphatic rings. The maximum absolute atomic E-state index is 15.0. The molecule has 0 aromatic carbocycles. The first-order chi connectivity index (χ1) is 31.5. The van der Waals surface area contributed by atoms with Gasteiger partial charge in [-0.1, -0.05) is 32.9 Å². The summed E-state index contributed by atoms with van der Waals surface area (Å²) in [6, 6.07) is 0.113. The third kappa shape index (κ3) is 13.6. The molecule has 5 heterocycles. The lowest BCUT2D eigenvalue weighted by molar-refractivity contribution is -0.305. The Kier molecular flexibility index (Phi) is 20.1. The predicted octanol–water partition coefficient (Wildman–Crippen LogP) is 4.36. The van der Waals surface area contributed by atoms with Crippen LogP contribution in [0.1, 0.15) is 102 Å². The van der Waals surface area contributed by atoms with Gasteiger partial charge < -0.3 is 77.0 Å². The highest BCUT2D eigenvalue weighted by molar-refractivity contribution is 5.89. The Hall–Kier alpha value is -2.27. The summed E-state index contributed by atoms with van der Waals surface area (Å²) in [4.78, 5) is 38.5. The van der Waals surface area contributed by atoms with E-state index in [-0.39, 0.29) is 43.5 Å². The summed E-state index contributed by atoms with van der Waals surface area (Å²) in [5, 5.41) is 26.6. The second-order valence-electron chi connectivity index (χ2n) is 20.6. The standard InChI is InChI=1S/C48H85N3O16/c1-24-19-48(12,67-47(55)51-21-29(6)60-30(7)22-51)33(10)40(25(2)23-59-46-43(57-15)42(56-14)37(52)34(11)63-46)65-44(54)32(9)41(64-36-17-26(3)50(13)20-28(5)61-36)31(8)39(24)66-45-38(53)35(49-58-16)18-27(4)62-45/h24-34,36-43,45-46,52-53H,17-23H2,1-16H3/b49-35+/t24-,25-,26+,27+,28-,29-,30-,31+,32+,33?,34+,36-,37+,38+,39-,40+,41-,42+,43+,45-,46+,48-/m0/s1. The van der Waals surface area contributed by atoms with E-state index in [0.29, 0.717) is 38.2 Å². The molecule has 0 aromatic rings. The molecule has 5 aliphatic heterocycles. The summed E-state index contributed by atoms with van der Waals surface area (Å²) in [6.45, 7) is 24.4. The molecule has 0 aromatic heterocycles. The van der Waals surface area contributed by atoms with E-state index in [1.54, 1.807) is 18.7 Å². The van der Waals surface area contributed by atoms with Gasteiger partial charge in [-0.15, -0.1) is 0 Å². The van der Waals surface area contributed by atoms with Crippen molar-refractivity contribution < 1.29 is 76.7 Å². The zero-order valence-corrected chi connectivity index (χ0v) is 43.0. The van der Waals surface area contributed by atoms with Crippen molar-refractivity contribution in [3.05, 3.63) is 0 Å². The lowest BCUT2D eigenvalue weighted by Gasteiger charge is -2.46. The fourth-order valence-corrected chi connectivity index (χ4v) is 10.8. The average Bonchev–Trinajstić information content (AvgIpc) is 3.38. The SMILES string of the molecule is CO/N=C1\C[C@@H](C)O[C@@H](O[C@@H]2[C@@H](C)[C@H](O[C@H]3C[C@@H](C)N(C)C[C@H](C)O3)[C@@H](C)C(=O)O[C@H]([C@@H](C)CO[C@@H]3O[C@H](C)[C@@H](O)[C@@H](OC)[C@H]3OC)C(C)[C@@](C)(OC(=O)N3C[C@H](C)O[C@@H](C)C3)C[C@@H]2C)[C@@H]1O. The molecular weight excluding hydrogens is 875 g/mol. The van der Waals surface area contributed by atoms with Crippen LogP contribution in [0.2, 0.25) is 0 Å². The van der Waals surface area contributed by atoms with Crippen molar-refractivity contribution in [1.82, 2.24) is 9.80 Å². The summed E-state index contributed by atoms with van der Waals surface area (Å²) < 4.78 is 70.1. The van der Waals surface area contributed by atoms with Gasteiger partial charge in [0, 0.05) is 57.4 Å². The van der Waals surface area contributed by atoms with Gasteiger partial charge in [-0.25, -0.2) is 4.79 Å². The van der Waals surface area contributed by atoms with Gasteiger partial charge in [0.2, 0.25) is 0 Å². The van der Waals surface area contributed by atoms with Gasteiger partial charge in [-0.3, -0.25) is 4.79 Å². The van der Waals surface area contributed by atoms with Gasteiger partial charge in [0.05, 0.1) is 74.1 Å². The van der Waals surface area contributed by atoms with Crippen LogP contribution in [0.25, 0.3) is 0 Å². The molecule has 5 fully saturated rings. The van der Waals surface area contributed by atoms with Crippen molar-refractivity contribution in [2.45, 2.75) is 206 Å². The minimum atomic E-state index is -1.30.